The molecule has 0 radical (unpaired) electrons. The first kappa shape index (κ1) is 13.7. The van der Waals surface area contributed by atoms with Crippen molar-refractivity contribution in [1.82, 2.24) is 24.6 Å². The summed E-state index contributed by atoms with van der Waals surface area (Å²) in [5, 5.41) is 11.2. The van der Waals surface area contributed by atoms with Gasteiger partial charge in [0.25, 0.3) is 0 Å². The second-order valence-electron chi connectivity index (χ2n) is 5.38. The number of carbonyl (C=O) groups is 1. The van der Waals surface area contributed by atoms with Crippen molar-refractivity contribution in [3.63, 3.8) is 0 Å². The summed E-state index contributed by atoms with van der Waals surface area (Å²) in [5.41, 5.74) is 1.75. The van der Waals surface area contributed by atoms with Gasteiger partial charge in [0.2, 0.25) is 5.91 Å². The molecule has 3 rings (SSSR count). The van der Waals surface area contributed by atoms with Crippen molar-refractivity contribution >= 4 is 11.6 Å². The van der Waals surface area contributed by atoms with E-state index in [1.54, 1.807) is 12.4 Å². The number of fused-ring (bicyclic) bond motifs is 1. The smallest absolute Gasteiger partial charge is 0.243 e. The molecular weight excluding hydrogens is 268 g/mol. The molecule has 1 aliphatic heterocycles. The van der Waals surface area contributed by atoms with Gasteiger partial charge in [0.15, 0.2) is 0 Å². The van der Waals surface area contributed by atoms with Crippen LogP contribution in [0.2, 0.25) is 0 Å². The van der Waals surface area contributed by atoms with E-state index < -0.39 is 0 Å². The number of aryl methyl sites for hydroxylation is 2. The molecule has 0 saturated carbocycles. The Hall–Kier alpha value is -2.28. The van der Waals surface area contributed by atoms with Crippen LogP contribution in [0.3, 0.4) is 0 Å². The van der Waals surface area contributed by atoms with Gasteiger partial charge in [-0.3, -0.25) is 14.7 Å². The summed E-state index contributed by atoms with van der Waals surface area (Å²) in [6, 6.07) is 1.57. The van der Waals surface area contributed by atoms with Crippen molar-refractivity contribution in [2.75, 3.05) is 12.4 Å². The molecule has 0 spiro atoms. The summed E-state index contributed by atoms with van der Waals surface area (Å²) < 4.78 is 2.00. The number of pyridine rings is 1. The molecule has 2 aromatic rings. The maximum absolute atomic E-state index is 12.5. The number of hydrogen-bond acceptors (Lipinski definition) is 5. The summed E-state index contributed by atoms with van der Waals surface area (Å²) in [5.74, 6) is 1.72. The number of nitrogens with one attached hydrogen (secondary N) is 1. The Labute approximate surface area is 123 Å². The van der Waals surface area contributed by atoms with E-state index in [4.69, 9.17) is 0 Å². The lowest BCUT2D eigenvalue weighted by atomic mass is 10.1. The fraction of sp³-hybridized carbons (Fsp3) is 0.429. The first-order valence-electron chi connectivity index (χ1n) is 6.86. The van der Waals surface area contributed by atoms with Gasteiger partial charge in [0.1, 0.15) is 17.7 Å². The highest BCUT2D eigenvalue weighted by Gasteiger charge is 2.31. The van der Waals surface area contributed by atoms with E-state index in [1.165, 1.54) is 0 Å². The molecule has 1 atom stereocenters. The van der Waals surface area contributed by atoms with Gasteiger partial charge < -0.3 is 9.88 Å². The van der Waals surface area contributed by atoms with Gasteiger partial charge in [-0.15, -0.1) is 10.2 Å². The van der Waals surface area contributed by atoms with E-state index in [0.717, 1.165) is 22.9 Å². The number of anilines is 1. The van der Waals surface area contributed by atoms with Crippen LogP contribution in [0.5, 0.6) is 0 Å². The van der Waals surface area contributed by atoms with Gasteiger partial charge in [-0.1, -0.05) is 0 Å². The van der Waals surface area contributed by atoms with Crippen molar-refractivity contribution in [2.24, 2.45) is 0 Å². The molecule has 21 heavy (non-hydrogen) atoms. The third kappa shape index (κ3) is 2.52. The first-order valence-corrected chi connectivity index (χ1v) is 6.86. The molecule has 1 unspecified atom stereocenters. The second kappa shape index (κ2) is 5.25. The fourth-order valence-electron chi connectivity index (χ4n) is 2.54. The average Bonchev–Trinajstić information content (AvgIpc) is 2.81. The maximum Gasteiger partial charge on any atom is 0.243 e. The van der Waals surface area contributed by atoms with E-state index in [-0.39, 0.29) is 11.9 Å². The Morgan fingerprint density at radius 1 is 1.38 bits per heavy atom. The number of likely N-dealkylation sites (N-methyl/N-ethyl adjacent to an activating group) is 1. The highest BCUT2D eigenvalue weighted by atomic mass is 16.2. The number of nitrogens with zero attached hydrogens (tertiary/aromatic N) is 5. The van der Waals surface area contributed by atoms with E-state index in [9.17, 15) is 4.79 Å². The molecule has 3 heterocycles. The minimum Gasteiger partial charge on any atom is -0.324 e. The molecule has 2 aromatic heterocycles. The van der Waals surface area contributed by atoms with Crippen LogP contribution >= 0.6 is 0 Å². The largest absolute Gasteiger partial charge is 0.324 e. The Balaban J connectivity index is 1.79. The van der Waals surface area contributed by atoms with Gasteiger partial charge in [-0.25, -0.2) is 0 Å². The lowest BCUT2D eigenvalue weighted by Gasteiger charge is -2.32. The molecule has 0 aromatic carbocycles. The number of aromatic nitrogens is 4. The summed E-state index contributed by atoms with van der Waals surface area (Å²) >= 11 is 0. The summed E-state index contributed by atoms with van der Waals surface area (Å²) in [6.45, 7) is 5.02. The fourth-order valence-corrected chi connectivity index (χ4v) is 2.54. The van der Waals surface area contributed by atoms with Crippen molar-refractivity contribution in [3.8, 4) is 0 Å². The highest BCUT2D eigenvalue weighted by Crippen LogP contribution is 2.18. The number of hydrogen-bond donors (Lipinski definition) is 1. The molecule has 0 bridgehead atoms. The number of amides is 1. The van der Waals surface area contributed by atoms with E-state index >= 15 is 0 Å². The molecule has 0 fully saturated rings. The Kier molecular flexibility index (Phi) is 3.42. The molecule has 7 nitrogen and oxygen atoms in total. The van der Waals surface area contributed by atoms with Crippen LogP contribution in [-0.2, 0) is 17.9 Å². The van der Waals surface area contributed by atoms with Crippen LogP contribution < -0.4 is 5.32 Å². The molecule has 7 heteroatoms. The van der Waals surface area contributed by atoms with E-state index in [2.05, 4.69) is 20.5 Å². The monoisotopic (exact) mass is 286 g/mol. The zero-order chi connectivity index (χ0) is 15.0. The third-order valence-corrected chi connectivity index (χ3v) is 3.87. The Morgan fingerprint density at radius 2 is 2.19 bits per heavy atom. The molecule has 0 saturated heterocycles. The zero-order valence-corrected chi connectivity index (χ0v) is 12.4. The molecular formula is C14H18N6O. The highest BCUT2D eigenvalue weighted by molar-refractivity contribution is 5.95. The summed E-state index contributed by atoms with van der Waals surface area (Å²) in [4.78, 5) is 18.6. The van der Waals surface area contributed by atoms with E-state index in [1.807, 2.05) is 36.4 Å². The van der Waals surface area contributed by atoms with Gasteiger partial charge >= 0.3 is 0 Å². The lowest BCUT2D eigenvalue weighted by Crippen LogP contribution is -2.48. The zero-order valence-electron chi connectivity index (χ0n) is 12.4. The number of carbonyl (C=O) groups excluding carboxylic acids is 1. The topological polar surface area (TPSA) is 75.9 Å². The minimum atomic E-state index is -0.236. The van der Waals surface area contributed by atoms with Gasteiger partial charge in [-0.2, -0.15) is 0 Å². The van der Waals surface area contributed by atoms with Gasteiger partial charge in [0.05, 0.1) is 13.1 Å². The van der Waals surface area contributed by atoms with Crippen LogP contribution in [0.1, 0.15) is 17.2 Å². The van der Waals surface area contributed by atoms with Gasteiger partial charge in [-0.05, 0) is 32.5 Å². The standard InChI is InChI=1S/C14H18N6O/c1-9-6-15-5-4-11(9)16-14(21)12-7-20-10(2)17-18-13(20)8-19(12)3/h4-6,12H,7-8H2,1-3H3,(H,15,16,21). The molecule has 1 N–H and O–H groups in total. The summed E-state index contributed by atoms with van der Waals surface area (Å²) in [7, 11) is 1.93. The molecule has 1 amide bonds. The predicted molar refractivity (Wildman–Crippen MR) is 77.6 cm³/mol. The molecule has 1 aliphatic rings. The molecule has 110 valence electrons. The van der Waals surface area contributed by atoms with Gasteiger partial charge in [0, 0.05) is 18.1 Å². The maximum atomic E-state index is 12.5. The van der Waals surface area contributed by atoms with Crippen LogP contribution in [0, 0.1) is 13.8 Å². The minimum absolute atomic E-state index is 0.0226. The number of rotatable bonds is 2. The Bertz CT molecular complexity index is 680. The lowest BCUT2D eigenvalue weighted by molar-refractivity contribution is -0.122. The predicted octanol–water partition coefficient (Wildman–Crippen LogP) is 0.743. The average molecular weight is 286 g/mol. The van der Waals surface area contributed by atoms with Crippen molar-refractivity contribution in [3.05, 3.63) is 35.7 Å². The quantitative estimate of drug-likeness (QED) is 0.881. The molecule has 0 aliphatic carbocycles. The second-order valence-corrected chi connectivity index (χ2v) is 5.38. The van der Waals surface area contributed by atoms with Crippen molar-refractivity contribution in [1.29, 1.82) is 0 Å². The summed E-state index contributed by atoms with van der Waals surface area (Å²) in [6.07, 6.45) is 3.41. The van der Waals surface area contributed by atoms with Crippen LogP contribution in [-0.4, -0.2) is 43.6 Å². The van der Waals surface area contributed by atoms with Crippen LogP contribution in [0.25, 0.3) is 0 Å². The van der Waals surface area contributed by atoms with Crippen molar-refractivity contribution < 1.29 is 4.79 Å². The van der Waals surface area contributed by atoms with Crippen LogP contribution in [0.4, 0.5) is 5.69 Å². The van der Waals surface area contributed by atoms with E-state index in [0.29, 0.717) is 13.1 Å². The first-order chi connectivity index (χ1) is 10.1. The third-order valence-electron chi connectivity index (χ3n) is 3.87. The van der Waals surface area contributed by atoms with Crippen LogP contribution in [0.15, 0.2) is 18.5 Å². The SMILES string of the molecule is Cc1cnccc1NC(=O)C1Cn2c(C)nnc2CN1C. The normalized spacial score (nSPS) is 18.3. The van der Waals surface area contributed by atoms with Crippen molar-refractivity contribution in [2.45, 2.75) is 33.0 Å². The Morgan fingerprint density at radius 3 is 2.95 bits per heavy atom.